The molecule has 0 heterocycles. The first-order chi connectivity index (χ1) is 13.5. The van der Waals surface area contributed by atoms with Gasteiger partial charge in [0.05, 0.1) is 6.61 Å². The van der Waals surface area contributed by atoms with Crippen molar-refractivity contribution in [3.05, 3.63) is 35.4 Å². The number of rotatable bonds is 15. The van der Waals surface area contributed by atoms with Crippen molar-refractivity contribution < 1.29 is 27.8 Å². The van der Waals surface area contributed by atoms with Crippen molar-refractivity contribution in [2.24, 2.45) is 0 Å². The minimum absolute atomic E-state index is 0.0391. The molecule has 0 saturated carbocycles. The van der Waals surface area contributed by atoms with E-state index in [0.29, 0.717) is 19.4 Å². The van der Waals surface area contributed by atoms with E-state index in [-0.39, 0.29) is 24.6 Å². The summed E-state index contributed by atoms with van der Waals surface area (Å²) in [7, 11) is 0. The molecule has 0 radical (unpaired) electrons. The highest BCUT2D eigenvalue weighted by molar-refractivity contribution is 5.69. The fraction of sp³-hybridized carbons (Fsp3) is 0.636. The third-order valence-electron chi connectivity index (χ3n) is 4.42. The van der Waals surface area contributed by atoms with Crippen LogP contribution < -0.4 is 0 Å². The molecule has 0 bridgehead atoms. The van der Waals surface area contributed by atoms with Crippen LogP contribution in [0.4, 0.5) is 8.78 Å². The Labute approximate surface area is 166 Å². The summed E-state index contributed by atoms with van der Waals surface area (Å²) in [5.41, 5.74) is 0.0391. The minimum Gasteiger partial charge on any atom is -0.466 e. The van der Waals surface area contributed by atoms with Crippen LogP contribution >= 0.6 is 0 Å². The highest BCUT2D eigenvalue weighted by Crippen LogP contribution is 2.13. The lowest BCUT2D eigenvalue weighted by atomic mass is 10.1. The maximum absolute atomic E-state index is 13.4. The Morgan fingerprint density at radius 3 is 2.07 bits per heavy atom. The van der Waals surface area contributed by atoms with Gasteiger partial charge in [-0.1, -0.05) is 45.4 Å². The van der Waals surface area contributed by atoms with Crippen LogP contribution in [0.25, 0.3) is 0 Å². The van der Waals surface area contributed by atoms with Gasteiger partial charge < -0.3 is 9.47 Å². The topological polar surface area (TPSA) is 52.6 Å². The molecule has 4 nitrogen and oxygen atoms in total. The SMILES string of the molecule is CCCCCOC(=O)CCCCCCCCC(=O)OCc1cc(F)ccc1F. The van der Waals surface area contributed by atoms with E-state index >= 15 is 0 Å². The molecule has 0 fully saturated rings. The lowest BCUT2D eigenvalue weighted by Gasteiger charge is -2.06. The standard InChI is InChI=1S/C22H32F2O4/c1-2-3-10-15-27-21(25)11-8-6-4-5-7-9-12-22(26)28-17-18-16-19(23)13-14-20(18)24/h13-14,16H,2-12,15,17H2,1H3. The van der Waals surface area contributed by atoms with E-state index < -0.39 is 17.6 Å². The van der Waals surface area contributed by atoms with Crippen molar-refractivity contribution in [1.82, 2.24) is 0 Å². The number of esters is 2. The number of carbonyl (C=O) groups excluding carboxylic acids is 2. The maximum Gasteiger partial charge on any atom is 0.306 e. The van der Waals surface area contributed by atoms with Crippen molar-refractivity contribution >= 4 is 11.9 Å². The van der Waals surface area contributed by atoms with Gasteiger partial charge in [-0.3, -0.25) is 9.59 Å². The third-order valence-corrected chi connectivity index (χ3v) is 4.42. The first kappa shape index (κ1) is 24.1. The third kappa shape index (κ3) is 11.7. The average Bonchev–Trinajstić information content (AvgIpc) is 2.68. The highest BCUT2D eigenvalue weighted by Gasteiger charge is 2.08. The van der Waals surface area contributed by atoms with E-state index in [1.165, 1.54) is 0 Å². The van der Waals surface area contributed by atoms with Gasteiger partial charge in [-0.15, -0.1) is 0 Å². The van der Waals surface area contributed by atoms with Gasteiger partial charge in [-0.25, -0.2) is 8.78 Å². The molecule has 0 amide bonds. The van der Waals surface area contributed by atoms with Gasteiger partial charge in [0.15, 0.2) is 0 Å². The molecule has 6 heteroatoms. The average molecular weight is 398 g/mol. The molecule has 0 saturated heterocycles. The van der Waals surface area contributed by atoms with E-state index in [9.17, 15) is 18.4 Å². The minimum atomic E-state index is -0.584. The highest BCUT2D eigenvalue weighted by atomic mass is 19.1. The van der Waals surface area contributed by atoms with Crippen LogP contribution in [0, 0.1) is 11.6 Å². The van der Waals surface area contributed by atoms with Crippen LogP contribution in [0.15, 0.2) is 18.2 Å². The summed E-state index contributed by atoms with van der Waals surface area (Å²) in [6, 6.07) is 3.07. The number of unbranched alkanes of at least 4 members (excludes halogenated alkanes) is 7. The van der Waals surface area contributed by atoms with Gasteiger partial charge in [0, 0.05) is 18.4 Å². The number of hydrogen-bond acceptors (Lipinski definition) is 4. The van der Waals surface area contributed by atoms with Gasteiger partial charge in [0.25, 0.3) is 0 Å². The zero-order valence-corrected chi connectivity index (χ0v) is 16.8. The van der Waals surface area contributed by atoms with Crippen molar-refractivity contribution in [2.75, 3.05) is 6.61 Å². The zero-order chi connectivity index (χ0) is 20.6. The summed E-state index contributed by atoms with van der Waals surface area (Å²) >= 11 is 0. The summed E-state index contributed by atoms with van der Waals surface area (Å²) in [5.74, 6) is -1.67. The van der Waals surface area contributed by atoms with Crippen LogP contribution in [-0.4, -0.2) is 18.5 Å². The summed E-state index contributed by atoms with van der Waals surface area (Å²) < 4.78 is 36.6. The number of hydrogen-bond donors (Lipinski definition) is 0. The molecule has 0 atom stereocenters. The second-order valence-electron chi connectivity index (χ2n) is 6.95. The largest absolute Gasteiger partial charge is 0.466 e. The second-order valence-corrected chi connectivity index (χ2v) is 6.95. The smallest absolute Gasteiger partial charge is 0.306 e. The molecule has 1 aromatic carbocycles. The Morgan fingerprint density at radius 2 is 1.43 bits per heavy atom. The quantitative estimate of drug-likeness (QED) is 0.274. The van der Waals surface area contributed by atoms with Crippen molar-refractivity contribution in [2.45, 2.75) is 84.2 Å². The molecular formula is C22H32F2O4. The second kappa shape index (κ2) is 15.0. The number of ether oxygens (including phenoxy) is 2. The normalized spacial score (nSPS) is 10.7. The van der Waals surface area contributed by atoms with E-state index in [1.54, 1.807) is 0 Å². The molecule has 0 aliphatic rings. The number of carbonyl (C=O) groups is 2. The summed E-state index contributed by atoms with van der Waals surface area (Å²) in [5, 5.41) is 0. The van der Waals surface area contributed by atoms with Crippen molar-refractivity contribution in [1.29, 1.82) is 0 Å². The summed E-state index contributed by atoms with van der Waals surface area (Å²) in [4.78, 5) is 23.2. The fourth-order valence-corrected chi connectivity index (χ4v) is 2.74. The Hall–Kier alpha value is -1.98. The fourth-order valence-electron chi connectivity index (χ4n) is 2.74. The molecule has 0 aliphatic carbocycles. The number of benzene rings is 1. The van der Waals surface area contributed by atoms with Gasteiger partial charge in [0.2, 0.25) is 0 Å². The Balaban J connectivity index is 1.96. The van der Waals surface area contributed by atoms with Crippen LogP contribution in [-0.2, 0) is 25.7 Å². The van der Waals surface area contributed by atoms with Crippen LogP contribution in [0.3, 0.4) is 0 Å². The summed E-state index contributed by atoms with van der Waals surface area (Å²) in [6.07, 6.45) is 9.24. The molecule has 0 spiro atoms. The first-order valence-electron chi connectivity index (χ1n) is 10.3. The lowest BCUT2D eigenvalue weighted by Crippen LogP contribution is -2.06. The molecule has 158 valence electrons. The molecule has 0 aromatic heterocycles. The molecule has 28 heavy (non-hydrogen) atoms. The molecule has 1 rings (SSSR count). The lowest BCUT2D eigenvalue weighted by molar-refractivity contribution is -0.145. The Bertz CT molecular complexity index is 590. The molecule has 0 N–H and O–H groups in total. The predicted molar refractivity (Wildman–Crippen MR) is 104 cm³/mol. The van der Waals surface area contributed by atoms with E-state index in [4.69, 9.17) is 9.47 Å². The molecule has 1 aromatic rings. The zero-order valence-electron chi connectivity index (χ0n) is 16.8. The monoisotopic (exact) mass is 398 g/mol. The van der Waals surface area contributed by atoms with E-state index in [1.807, 2.05) is 0 Å². The van der Waals surface area contributed by atoms with Gasteiger partial charge in [-0.05, 0) is 37.5 Å². The van der Waals surface area contributed by atoms with Crippen molar-refractivity contribution in [3.63, 3.8) is 0 Å². The number of halogens is 2. The maximum atomic E-state index is 13.4. The summed E-state index contributed by atoms with van der Waals surface area (Å²) in [6.45, 7) is 2.38. The van der Waals surface area contributed by atoms with Gasteiger partial charge in [-0.2, -0.15) is 0 Å². The predicted octanol–water partition coefficient (Wildman–Crippen LogP) is 5.86. The van der Waals surface area contributed by atoms with Gasteiger partial charge >= 0.3 is 11.9 Å². The first-order valence-corrected chi connectivity index (χ1v) is 10.3. The molecule has 0 unspecified atom stereocenters. The van der Waals surface area contributed by atoms with E-state index in [0.717, 1.165) is 69.6 Å². The van der Waals surface area contributed by atoms with Crippen LogP contribution in [0.1, 0.15) is 83.1 Å². The Morgan fingerprint density at radius 1 is 0.821 bits per heavy atom. The van der Waals surface area contributed by atoms with Crippen molar-refractivity contribution in [3.8, 4) is 0 Å². The Kier molecular flexibility index (Phi) is 12.9. The van der Waals surface area contributed by atoms with Crippen LogP contribution in [0.2, 0.25) is 0 Å². The van der Waals surface area contributed by atoms with Crippen LogP contribution in [0.5, 0.6) is 0 Å². The van der Waals surface area contributed by atoms with Gasteiger partial charge in [0.1, 0.15) is 18.2 Å². The van der Waals surface area contributed by atoms with E-state index in [2.05, 4.69) is 6.92 Å². The molecule has 0 aliphatic heterocycles. The molecular weight excluding hydrogens is 366 g/mol.